The molecule has 0 spiro atoms. The SMILES string of the molecule is CCCC(C)N(C)c1c(Cl)cccc1CC(C)N. The number of benzene rings is 1. The van der Waals surface area contributed by atoms with Gasteiger partial charge in [-0.1, -0.05) is 37.1 Å². The van der Waals surface area contributed by atoms with Gasteiger partial charge in [0.1, 0.15) is 0 Å². The molecule has 0 amide bonds. The van der Waals surface area contributed by atoms with Crippen LogP contribution >= 0.6 is 11.6 Å². The second-order valence-electron chi connectivity index (χ2n) is 5.18. The Morgan fingerprint density at radius 2 is 2.00 bits per heavy atom. The second-order valence-corrected chi connectivity index (χ2v) is 5.58. The van der Waals surface area contributed by atoms with Crippen LogP contribution in [0.15, 0.2) is 18.2 Å². The Bertz CT molecular complexity index is 377. The zero-order chi connectivity index (χ0) is 13.7. The summed E-state index contributed by atoms with van der Waals surface area (Å²) in [6, 6.07) is 6.72. The van der Waals surface area contributed by atoms with Gasteiger partial charge in [-0.15, -0.1) is 0 Å². The van der Waals surface area contributed by atoms with Crippen LogP contribution in [0.4, 0.5) is 5.69 Å². The van der Waals surface area contributed by atoms with Crippen LogP contribution in [-0.2, 0) is 6.42 Å². The second kappa shape index (κ2) is 7.01. The van der Waals surface area contributed by atoms with Gasteiger partial charge in [0.2, 0.25) is 0 Å². The molecule has 2 unspecified atom stereocenters. The van der Waals surface area contributed by atoms with Crippen molar-refractivity contribution in [3.63, 3.8) is 0 Å². The number of rotatable bonds is 6. The number of nitrogens with two attached hydrogens (primary N) is 1. The molecular formula is C15H25ClN2. The Kier molecular flexibility index (Phi) is 5.97. The van der Waals surface area contributed by atoms with Gasteiger partial charge in [-0.3, -0.25) is 0 Å². The van der Waals surface area contributed by atoms with Gasteiger partial charge in [0.05, 0.1) is 10.7 Å². The zero-order valence-corrected chi connectivity index (χ0v) is 12.7. The third-order valence-electron chi connectivity index (χ3n) is 3.33. The highest BCUT2D eigenvalue weighted by Gasteiger charge is 2.16. The van der Waals surface area contributed by atoms with E-state index in [1.807, 2.05) is 19.1 Å². The predicted octanol–water partition coefficient (Wildman–Crippen LogP) is 3.85. The Morgan fingerprint density at radius 1 is 1.33 bits per heavy atom. The zero-order valence-electron chi connectivity index (χ0n) is 11.9. The molecule has 0 fully saturated rings. The summed E-state index contributed by atoms with van der Waals surface area (Å²) >= 11 is 6.37. The van der Waals surface area contributed by atoms with Crippen LogP contribution in [0, 0.1) is 0 Å². The minimum absolute atomic E-state index is 0.150. The molecule has 0 aliphatic carbocycles. The first-order valence-electron chi connectivity index (χ1n) is 6.73. The van der Waals surface area contributed by atoms with E-state index in [0.29, 0.717) is 6.04 Å². The van der Waals surface area contributed by atoms with Crippen LogP contribution in [0.5, 0.6) is 0 Å². The van der Waals surface area contributed by atoms with Crippen LogP contribution in [-0.4, -0.2) is 19.1 Å². The minimum atomic E-state index is 0.150. The summed E-state index contributed by atoms with van der Waals surface area (Å²) in [5, 5.41) is 0.818. The first-order chi connectivity index (χ1) is 8.47. The number of hydrogen-bond donors (Lipinski definition) is 1. The molecule has 0 saturated heterocycles. The molecule has 102 valence electrons. The van der Waals surface area contributed by atoms with E-state index in [0.717, 1.165) is 17.1 Å². The summed E-state index contributed by atoms with van der Waals surface area (Å²) in [5.74, 6) is 0. The third kappa shape index (κ3) is 3.89. The van der Waals surface area contributed by atoms with Crippen LogP contribution in [0.25, 0.3) is 0 Å². The van der Waals surface area contributed by atoms with Crippen molar-refractivity contribution in [3.8, 4) is 0 Å². The summed E-state index contributed by atoms with van der Waals surface area (Å²) in [4.78, 5) is 2.28. The van der Waals surface area contributed by atoms with Gasteiger partial charge < -0.3 is 10.6 Å². The molecule has 0 aromatic heterocycles. The van der Waals surface area contributed by atoms with Gasteiger partial charge in [0, 0.05) is 19.1 Å². The summed E-state index contributed by atoms with van der Waals surface area (Å²) in [6.45, 7) is 6.47. The van der Waals surface area contributed by atoms with Crippen molar-refractivity contribution in [1.29, 1.82) is 0 Å². The highest BCUT2D eigenvalue weighted by molar-refractivity contribution is 6.33. The first-order valence-corrected chi connectivity index (χ1v) is 7.11. The fourth-order valence-electron chi connectivity index (χ4n) is 2.30. The van der Waals surface area contributed by atoms with E-state index in [9.17, 15) is 0 Å². The normalized spacial score (nSPS) is 14.3. The molecule has 2 N–H and O–H groups in total. The average molecular weight is 269 g/mol. The van der Waals surface area contributed by atoms with Gasteiger partial charge in [-0.05, 0) is 38.3 Å². The Hall–Kier alpha value is -0.730. The van der Waals surface area contributed by atoms with Crippen LogP contribution < -0.4 is 10.6 Å². The topological polar surface area (TPSA) is 29.3 Å². The maximum atomic E-state index is 6.37. The van der Waals surface area contributed by atoms with E-state index in [1.165, 1.54) is 18.4 Å². The van der Waals surface area contributed by atoms with E-state index in [2.05, 4.69) is 31.9 Å². The van der Waals surface area contributed by atoms with Crippen LogP contribution in [0.2, 0.25) is 5.02 Å². The van der Waals surface area contributed by atoms with Crippen molar-refractivity contribution in [2.24, 2.45) is 5.73 Å². The minimum Gasteiger partial charge on any atom is -0.370 e. The van der Waals surface area contributed by atoms with Crippen molar-refractivity contribution in [1.82, 2.24) is 0 Å². The number of halogens is 1. The highest BCUT2D eigenvalue weighted by Crippen LogP contribution is 2.31. The molecule has 2 nitrogen and oxygen atoms in total. The van der Waals surface area contributed by atoms with Gasteiger partial charge in [0.15, 0.2) is 0 Å². The molecule has 2 atom stereocenters. The quantitative estimate of drug-likeness (QED) is 0.849. The van der Waals surface area contributed by atoms with Crippen molar-refractivity contribution in [3.05, 3.63) is 28.8 Å². The monoisotopic (exact) mass is 268 g/mol. The summed E-state index contributed by atoms with van der Waals surface area (Å²) in [5.41, 5.74) is 8.29. The van der Waals surface area contributed by atoms with Gasteiger partial charge >= 0.3 is 0 Å². The molecule has 3 heteroatoms. The van der Waals surface area contributed by atoms with Crippen molar-refractivity contribution in [2.75, 3.05) is 11.9 Å². The van der Waals surface area contributed by atoms with Crippen LogP contribution in [0.1, 0.15) is 39.2 Å². The summed E-state index contributed by atoms with van der Waals surface area (Å²) in [6.07, 6.45) is 3.21. The molecule has 0 saturated carbocycles. The van der Waals surface area contributed by atoms with Gasteiger partial charge in [-0.25, -0.2) is 0 Å². The number of hydrogen-bond acceptors (Lipinski definition) is 2. The van der Waals surface area contributed by atoms with E-state index >= 15 is 0 Å². The van der Waals surface area contributed by atoms with Gasteiger partial charge in [-0.2, -0.15) is 0 Å². The molecule has 0 aliphatic heterocycles. The molecule has 0 bridgehead atoms. The molecular weight excluding hydrogens is 244 g/mol. The van der Waals surface area contributed by atoms with E-state index < -0.39 is 0 Å². The number of nitrogens with zero attached hydrogens (tertiary/aromatic N) is 1. The number of anilines is 1. The van der Waals surface area contributed by atoms with Crippen LogP contribution in [0.3, 0.4) is 0 Å². The first kappa shape index (κ1) is 15.3. The maximum absolute atomic E-state index is 6.37. The summed E-state index contributed by atoms with van der Waals surface area (Å²) < 4.78 is 0. The molecule has 0 aliphatic rings. The summed E-state index contributed by atoms with van der Waals surface area (Å²) in [7, 11) is 2.12. The Morgan fingerprint density at radius 3 is 2.56 bits per heavy atom. The lowest BCUT2D eigenvalue weighted by atomic mass is 10.0. The lowest BCUT2D eigenvalue weighted by molar-refractivity contribution is 0.612. The van der Waals surface area contributed by atoms with E-state index in [1.54, 1.807) is 0 Å². The largest absolute Gasteiger partial charge is 0.370 e. The lowest BCUT2D eigenvalue weighted by Crippen LogP contribution is -2.30. The van der Waals surface area contributed by atoms with Crippen molar-refractivity contribution < 1.29 is 0 Å². The molecule has 1 rings (SSSR count). The fourth-order valence-corrected chi connectivity index (χ4v) is 2.63. The Labute approximate surface area is 116 Å². The van der Waals surface area contributed by atoms with E-state index in [4.69, 9.17) is 17.3 Å². The molecule has 1 aromatic rings. The molecule has 0 radical (unpaired) electrons. The van der Waals surface area contributed by atoms with Crippen molar-refractivity contribution in [2.45, 2.75) is 52.1 Å². The smallest absolute Gasteiger partial charge is 0.0642 e. The highest BCUT2D eigenvalue weighted by atomic mass is 35.5. The lowest BCUT2D eigenvalue weighted by Gasteiger charge is -2.30. The van der Waals surface area contributed by atoms with Crippen molar-refractivity contribution >= 4 is 17.3 Å². The number of para-hydroxylation sites is 1. The van der Waals surface area contributed by atoms with Gasteiger partial charge in [0.25, 0.3) is 0 Å². The van der Waals surface area contributed by atoms with E-state index in [-0.39, 0.29) is 6.04 Å². The Balaban J connectivity index is 3.04. The standard InChI is InChI=1S/C15H25ClN2/c1-5-7-12(3)18(4)15-13(10-11(2)17)8-6-9-14(15)16/h6,8-9,11-12H,5,7,10,17H2,1-4H3. The third-order valence-corrected chi connectivity index (χ3v) is 3.64. The predicted molar refractivity (Wildman–Crippen MR) is 81.6 cm³/mol. The maximum Gasteiger partial charge on any atom is 0.0642 e. The average Bonchev–Trinajstić information content (AvgIpc) is 2.28. The fraction of sp³-hybridized carbons (Fsp3) is 0.600. The molecule has 1 aromatic carbocycles. The molecule has 18 heavy (non-hydrogen) atoms. The molecule has 0 heterocycles.